The number of hydrogen-bond acceptors (Lipinski definition) is 7. The lowest BCUT2D eigenvalue weighted by atomic mass is 10.2. The second-order valence-electron chi connectivity index (χ2n) is 8.89. The first-order valence-corrected chi connectivity index (χ1v) is 13.5. The number of rotatable bonds is 8. The van der Waals surface area contributed by atoms with Crippen LogP contribution >= 0.6 is 47.0 Å². The van der Waals surface area contributed by atoms with E-state index >= 15 is 0 Å². The fourth-order valence-corrected chi connectivity index (χ4v) is 4.85. The second-order valence-corrected chi connectivity index (χ2v) is 10.5. The van der Waals surface area contributed by atoms with Gasteiger partial charge in [0.05, 0.1) is 17.9 Å². The van der Waals surface area contributed by atoms with Crippen LogP contribution in [0.15, 0.2) is 64.1 Å². The minimum Gasteiger partial charge on any atom is -0.486 e. The van der Waals surface area contributed by atoms with Crippen LogP contribution in [0.1, 0.15) is 11.6 Å². The molecule has 2 aromatic carbocycles. The highest BCUT2D eigenvalue weighted by Crippen LogP contribution is 2.31. The van der Waals surface area contributed by atoms with Crippen LogP contribution in [0.3, 0.4) is 0 Å². The van der Waals surface area contributed by atoms with Crippen LogP contribution in [0, 0.1) is 4.77 Å². The zero-order valence-electron chi connectivity index (χ0n) is 20.6. The Morgan fingerprint density at radius 2 is 1.74 bits per heavy atom. The average Bonchev–Trinajstić information content (AvgIpc) is 3.48. The van der Waals surface area contributed by atoms with Crippen LogP contribution < -0.4 is 4.74 Å². The topological polar surface area (TPSA) is 64.0 Å². The van der Waals surface area contributed by atoms with Crippen molar-refractivity contribution in [3.05, 3.63) is 86.0 Å². The third-order valence-electron chi connectivity index (χ3n) is 6.12. The van der Waals surface area contributed by atoms with Gasteiger partial charge in [0, 0.05) is 41.8 Å². The van der Waals surface area contributed by atoms with E-state index in [-0.39, 0.29) is 6.61 Å². The molecule has 0 atom stereocenters. The molecule has 0 N–H and O–H groups in total. The maximum absolute atomic E-state index is 6.34. The van der Waals surface area contributed by atoms with Gasteiger partial charge in [0.25, 0.3) is 0 Å². The van der Waals surface area contributed by atoms with Gasteiger partial charge in [0.15, 0.2) is 5.82 Å². The average molecular weight is 592 g/mol. The minimum absolute atomic E-state index is 0.169. The van der Waals surface area contributed by atoms with Crippen molar-refractivity contribution in [1.82, 2.24) is 24.3 Å². The van der Waals surface area contributed by atoms with Crippen LogP contribution in [0.4, 0.5) is 0 Å². The predicted octanol–water partition coefficient (Wildman–Crippen LogP) is 6.30. The molecule has 0 saturated carbocycles. The Morgan fingerprint density at radius 3 is 2.47 bits per heavy atom. The number of piperazine rings is 1. The molecule has 0 radical (unpaired) electrons. The summed E-state index contributed by atoms with van der Waals surface area (Å²) in [5.74, 6) is 2.36. The monoisotopic (exact) mass is 590 g/mol. The Bertz CT molecular complexity index is 1490. The van der Waals surface area contributed by atoms with Crippen molar-refractivity contribution >= 4 is 53.2 Å². The lowest BCUT2D eigenvalue weighted by molar-refractivity contribution is 0.118. The molecule has 8 nitrogen and oxygen atoms in total. The number of furan rings is 1. The molecular weight excluding hydrogens is 567 g/mol. The molecule has 1 aliphatic rings. The van der Waals surface area contributed by atoms with Crippen molar-refractivity contribution in [2.45, 2.75) is 13.3 Å². The summed E-state index contributed by atoms with van der Waals surface area (Å²) in [7, 11) is 2.12. The minimum atomic E-state index is 0.169. The van der Waals surface area contributed by atoms with Crippen molar-refractivity contribution < 1.29 is 9.15 Å². The molecule has 198 valence electrons. The fourth-order valence-electron chi connectivity index (χ4n) is 3.97. The Balaban J connectivity index is 1.39. The van der Waals surface area contributed by atoms with Crippen molar-refractivity contribution in [2.24, 2.45) is 5.10 Å². The van der Waals surface area contributed by atoms with Crippen LogP contribution in [0.25, 0.3) is 11.3 Å². The molecule has 2 aromatic heterocycles. The molecule has 1 aliphatic heterocycles. The van der Waals surface area contributed by atoms with Gasteiger partial charge >= 0.3 is 0 Å². The molecule has 3 heterocycles. The molecule has 0 aliphatic carbocycles. The van der Waals surface area contributed by atoms with E-state index in [9.17, 15) is 0 Å². The van der Waals surface area contributed by atoms with Crippen LogP contribution in [0.5, 0.6) is 5.75 Å². The maximum Gasteiger partial charge on any atom is 0.220 e. The molecule has 4 aromatic rings. The van der Waals surface area contributed by atoms with Gasteiger partial charge in [-0.15, -0.1) is 5.10 Å². The van der Waals surface area contributed by atoms with E-state index in [2.05, 4.69) is 21.9 Å². The van der Waals surface area contributed by atoms with Crippen molar-refractivity contribution in [1.29, 1.82) is 0 Å². The number of benzene rings is 2. The van der Waals surface area contributed by atoms with Gasteiger partial charge in [-0.3, -0.25) is 4.90 Å². The lowest BCUT2D eigenvalue weighted by Crippen LogP contribution is -2.45. The molecule has 12 heteroatoms. The molecule has 38 heavy (non-hydrogen) atoms. The molecule has 0 bridgehead atoms. The summed E-state index contributed by atoms with van der Waals surface area (Å²) < 4.78 is 15.7. The molecule has 1 fully saturated rings. The Kier molecular flexibility index (Phi) is 8.52. The standard InChI is InChI=1S/C26H25Cl3N6O2S/c1-32-10-12-33(13-11-32)17-34-26(38)35(25(31-34)16-36-20-5-2-18(27)3-6-20)30-15-21-7-9-24(37-21)22-8-4-19(28)14-23(22)29/h2-9,14-15H,10-13,16-17H2,1H3/b30-15+. The lowest BCUT2D eigenvalue weighted by Gasteiger charge is -2.31. The summed E-state index contributed by atoms with van der Waals surface area (Å²) >= 11 is 24.1. The number of halogens is 3. The molecule has 0 unspecified atom stereocenters. The smallest absolute Gasteiger partial charge is 0.220 e. The highest BCUT2D eigenvalue weighted by atomic mass is 35.5. The number of nitrogens with zero attached hydrogens (tertiary/aromatic N) is 6. The van der Waals surface area contributed by atoms with E-state index in [4.69, 9.17) is 61.3 Å². The summed E-state index contributed by atoms with van der Waals surface area (Å²) in [6.45, 7) is 4.61. The van der Waals surface area contributed by atoms with Crippen molar-refractivity contribution in [3.63, 3.8) is 0 Å². The van der Waals surface area contributed by atoms with Gasteiger partial charge < -0.3 is 14.1 Å². The largest absolute Gasteiger partial charge is 0.486 e. The van der Waals surface area contributed by atoms with Crippen molar-refractivity contribution in [2.75, 3.05) is 33.2 Å². The Morgan fingerprint density at radius 1 is 1.00 bits per heavy atom. The van der Waals surface area contributed by atoms with Gasteiger partial charge in [-0.1, -0.05) is 34.8 Å². The normalized spacial score (nSPS) is 14.9. The summed E-state index contributed by atoms with van der Waals surface area (Å²) in [6.07, 6.45) is 1.59. The summed E-state index contributed by atoms with van der Waals surface area (Å²) in [4.78, 5) is 4.62. The molecular formula is C26H25Cl3N6O2S. The van der Waals surface area contributed by atoms with Gasteiger partial charge in [0.1, 0.15) is 23.9 Å². The molecule has 0 amide bonds. The SMILES string of the molecule is CN1CCN(Cn2nc(COc3ccc(Cl)cc3)n(/N=C/c3ccc(-c4ccc(Cl)cc4Cl)o3)c2=S)CC1. The van der Waals surface area contributed by atoms with Gasteiger partial charge in [-0.2, -0.15) is 9.78 Å². The predicted molar refractivity (Wildman–Crippen MR) is 153 cm³/mol. The van der Waals surface area contributed by atoms with Crippen molar-refractivity contribution in [3.8, 4) is 17.1 Å². The third kappa shape index (κ3) is 6.48. The van der Waals surface area contributed by atoms with E-state index in [0.717, 1.165) is 31.7 Å². The Hall–Kier alpha value is -2.66. The summed E-state index contributed by atoms with van der Waals surface area (Å²) in [5, 5.41) is 11.0. The number of aromatic nitrogens is 3. The second kappa shape index (κ2) is 12.0. The molecule has 0 spiro atoms. The molecule has 1 saturated heterocycles. The quantitative estimate of drug-likeness (QED) is 0.177. The van der Waals surface area contributed by atoms with Crippen LogP contribution in [0.2, 0.25) is 15.1 Å². The number of ether oxygens (including phenoxy) is 1. The highest BCUT2D eigenvalue weighted by molar-refractivity contribution is 7.71. The van der Waals surface area contributed by atoms with E-state index in [0.29, 0.717) is 49.6 Å². The first-order chi connectivity index (χ1) is 18.4. The summed E-state index contributed by atoms with van der Waals surface area (Å²) in [6, 6.07) is 16.0. The van der Waals surface area contributed by atoms with Crippen LogP contribution in [-0.4, -0.2) is 63.7 Å². The zero-order valence-corrected chi connectivity index (χ0v) is 23.6. The van der Waals surface area contributed by atoms with E-state index < -0.39 is 0 Å². The zero-order chi connectivity index (χ0) is 26.6. The highest BCUT2D eigenvalue weighted by Gasteiger charge is 2.18. The molecule has 5 rings (SSSR count). The number of hydrogen-bond donors (Lipinski definition) is 0. The first-order valence-electron chi connectivity index (χ1n) is 11.9. The summed E-state index contributed by atoms with van der Waals surface area (Å²) in [5.41, 5.74) is 0.740. The van der Waals surface area contributed by atoms with Crippen LogP contribution in [-0.2, 0) is 13.3 Å². The van der Waals surface area contributed by atoms with Gasteiger partial charge in [-0.05, 0) is 73.9 Å². The third-order valence-corrected chi connectivity index (χ3v) is 7.30. The van der Waals surface area contributed by atoms with E-state index in [1.54, 1.807) is 52.0 Å². The number of likely N-dealkylation sites (N-methyl/N-ethyl adjacent to an activating group) is 1. The van der Waals surface area contributed by atoms with Gasteiger partial charge in [-0.25, -0.2) is 4.68 Å². The maximum atomic E-state index is 6.34. The van der Waals surface area contributed by atoms with Gasteiger partial charge in [0.2, 0.25) is 4.77 Å². The fraction of sp³-hybridized carbons (Fsp3) is 0.269. The van der Waals surface area contributed by atoms with E-state index in [1.165, 1.54) is 0 Å². The first kappa shape index (κ1) is 26.9. The Labute approximate surface area is 240 Å². The van der Waals surface area contributed by atoms with E-state index in [1.807, 2.05) is 18.2 Å².